The van der Waals surface area contributed by atoms with E-state index in [9.17, 15) is 23.6 Å². The fourth-order valence-corrected chi connectivity index (χ4v) is 4.60. The Labute approximate surface area is 203 Å². The number of amides is 2. The van der Waals surface area contributed by atoms with Gasteiger partial charge < -0.3 is 14.8 Å². The lowest BCUT2D eigenvalue weighted by Crippen LogP contribution is -2.52. The number of benzene rings is 1. The van der Waals surface area contributed by atoms with Crippen LogP contribution in [0.5, 0.6) is 5.75 Å². The quantitative estimate of drug-likeness (QED) is 0.210. The number of alkyl halides is 2. The predicted octanol–water partition coefficient (Wildman–Crippen LogP) is 3.00. The molecule has 0 saturated carbocycles. The van der Waals surface area contributed by atoms with Crippen LogP contribution < -0.4 is 15.5 Å². The van der Waals surface area contributed by atoms with Crippen molar-refractivity contribution < 1.29 is 27.8 Å². The highest BCUT2D eigenvalue weighted by Gasteiger charge is 2.46. The van der Waals surface area contributed by atoms with Gasteiger partial charge in [-0.2, -0.15) is 8.78 Å². The minimum Gasteiger partial charge on any atom is -0.435 e. The molecule has 2 atom stereocenters. The van der Waals surface area contributed by atoms with Gasteiger partial charge in [0.1, 0.15) is 5.75 Å². The Kier molecular flexibility index (Phi) is 9.73. The monoisotopic (exact) mass is 496 g/mol. The molecule has 0 radical (unpaired) electrons. The van der Waals surface area contributed by atoms with Crippen LogP contribution in [0.25, 0.3) is 0 Å². The van der Waals surface area contributed by atoms with Gasteiger partial charge in [-0.05, 0) is 37.9 Å². The summed E-state index contributed by atoms with van der Waals surface area (Å²) >= 11 is 1.29. The molecule has 2 rings (SSSR count). The molecule has 1 aliphatic rings. The molecule has 0 aromatic heterocycles. The van der Waals surface area contributed by atoms with E-state index in [4.69, 9.17) is 4.74 Å². The van der Waals surface area contributed by atoms with Gasteiger partial charge in [-0.15, -0.1) is 11.8 Å². The molecule has 1 heterocycles. The first kappa shape index (κ1) is 27.9. The fraction of sp³-hybridized carbons (Fsp3) is 0.591. The van der Waals surface area contributed by atoms with E-state index < -0.39 is 23.4 Å². The Hall–Kier alpha value is -2.36. The van der Waals surface area contributed by atoms with Crippen LogP contribution in [0.4, 0.5) is 8.78 Å². The van der Waals surface area contributed by atoms with Crippen molar-refractivity contribution in [3.05, 3.63) is 29.8 Å². The molecular formula is C22H31BF2N4O4S. The van der Waals surface area contributed by atoms with Gasteiger partial charge in [0.25, 0.3) is 5.91 Å². The Morgan fingerprint density at radius 2 is 2.06 bits per heavy atom. The first-order valence-electron chi connectivity index (χ1n) is 10.9. The highest BCUT2D eigenvalue weighted by Crippen LogP contribution is 2.30. The molecule has 2 amide bonds. The van der Waals surface area contributed by atoms with Crippen molar-refractivity contribution >= 4 is 30.8 Å². The van der Waals surface area contributed by atoms with Gasteiger partial charge in [-0.25, -0.2) is 10.3 Å². The van der Waals surface area contributed by atoms with Crippen LogP contribution in [0, 0.1) is 11.2 Å². The summed E-state index contributed by atoms with van der Waals surface area (Å²) in [6.45, 7) is 6.83. The standard InChI is InChI=1S/C22H31BF2N4O4S/c1-21(2,3)34-19(27-14-30)18(31)28-29(12-17-10-23(13-26)22(4,5)33-17)11-15-6-8-16(9-7-15)32-20(24)25/h6-9,14,17,19-20H,10-12H2,1-5H3,(H,27,30)(H,28,31). The molecule has 34 heavy (non-hydrogen) atoms. The van der Waals surface area contributed by atoms with Crippen LogP contribution in [-0.2, 0) is 20.9 Å². The molecule has 186 valence electrons. The third kappa shape index (κ3) is 8.78. The number of nitriles is 1. The summed E-state index contributed by atoms with van der Waals surface area (Å²) in [6.07, 6.45) is 0.674. The second-order valence-electron chi connectivity index (χ2n) is 9.53. The Bertz CT molecular complexity index is 877. The van der Waals surface area contributed by atoms with E-state index in [2.05, 4.69) is 21.4 Å². The summed E-state index contributed by atoms with van der Waals surface area (Å²) in [6, 6.07) is 6.10. The molecule has 1 aromatic carbocycles. The van der Waals surface area contributed by atoms with Gasteiger partial charge in [0, 0.05) is 23.8 Å². The molecule has 0 bridgehead atoms. The van der Waals surface area contributed by atoms with Crippen molar-refractivity contribution in [3.63, 3.8) is 0 Å². The van der Waals surface area contributed by atoms with Gasteiger partial charge in [0.2, 0.25) is 6.41 Å². The molecule has 2 unspecified atom stereocenters. The lowest BCUT2D eigenvalue weighted by atomic mass is 9.40. The number of nitrogens with one attached hydrogen (secondary N) is 2. The minimum absolute atomic E-state index is 0.0314. The van der Waals surface area contributed by atoms with Crippen LogP contribution in [0.15, 0.2) is 24.3 Å². The smallest absolute Gasteiger partial charge is 0.387 e. The average molecular weight is 496 g/mol. The van der Waals surface area contributed by atoms with E-state index >= 15 is 0 Å². The number of hydrogen-bond acceptors (Lipinski definition) is 7. The number of hydrazine groups is 1. The van der Waals surface area contributed by atoms with Crippen molar-refractivity contribution in [3.8, 4) is 11.7 Å². The summed E-state index contributed by atoms with van der Waals surface area (Å²) in [7, 11) is 0. The molecule has 2 N–H and O–H groups in total. The number of thioether (sulfide) groups is 1. The maximum atomic E-state index is 13.0. The second-order valence-corrected chi connectivity index (χ2v) is 11.5. The molecule has 1 saturated heterocycles. The molecule has 0 aliphatic carbocycles. The summed E-state index contributed by atoms with van der Waals surface area (Å²) in [5.41, 5.74) is 2.96. The van der Waals surface area contributed by atoms with E-state index in [-0.39, 0.29) is 36.4 Å². The van der Waals surface area contributed by atoms with Gasteiger partial charge in [-0.1, -0.05) is 32.9 Å². The van der Waals surface area contributed by atoms with Crippen molar-refractivity contribution in [2.75, 3.05) is 6.54 Å². The van der Waals surface area contributed by atoms with Gasteiger partial charge in [0.05, 0.1) is 11.6 Å². The number of halogens is 2. The molecule has 12 heteroatoms. The molecule has 8 nitrogen and oxygen atoms in total. The van der Waals surface area contributed by atoms with Gasteiger partial charge >= 0.3 is 13.3 Å². The zero-order valence-electron chi connectivity index (χ0n) is 20.0. The highest BCUT2D eigenvalue weighted by molar-refractivity contribution is 8.01. The first-order chi connectivity index (χ1) is 15.8. The SMILES string of the molecule is CC(C)(C)SC(NC=O)C(=O)NN(Cc1ccc(OC(F)F)cc1)CC1CB(C#N)C(C)(C)O1. The predicted molar refractivity (Wildman–Crippen MR) is 127 cm³/mol. The third-order valence-electron chi connectivity index (χ3n) is 5.11. The molecule has 1 aliphatic heterocycles. The van der Waals surface area contributed by atoms with E-state index in [1.54, 1.807) is 17.1 Å². The lowest BCUT2D eigenvalue weighted by molar-refractivity contribution is -0.128. The summed E-state index contributed by atoms with van der Waals surface area (Å²) in [5, 5.41) is 12.8. The van der Waals surface area contributed by atoms with Crippen LogP contribution in [-0.4, -0.2) is 58.9 Å². The average Bonchev–Trinajstić information content (AvgIpc) is 3.00. The summed E-state index contributed by atoms with van der Waals surface area (Å²) in [4.78, 5) is 24.1. The number of ether oxygens (including phenoxy) is 2. The highest BCUT2D eigenvalue weighted by atomic mass is 32.2. The topological polar surface area (TPSA) is 104 Å². The molecule has 1 aromatic rings. The van der Waals surface area contributed by atoms with E-state index in [0.29, 0.717) is 12.7 Å². The van der Waals surface area contributed by atoms with Crippen molar-refractivity contribution in [1.82, 2.24) is 15.8 Å². The minimum atomic E-state index is -2.92. The van der Waals surface area contributed by atoms with Crippen LogP contribution in [0.3, 0.4) is 0 Å². The Balaban J connectivity index is 2.18. The summed E-state index contributed by atoms with van der Waals surface area (Å²) in [5.74, 6) is 1.89. The second kappa shape index (κ2) is 11.9. The van der Waals surface area contributed by atoms with E-state index in [0.717, 1.165) is 5.56 Å². The maximum Gasteiger partial charge on any atom is 0.387 e. The zero-order valence-corrected chi connectivity index (χ0v) is 20.8. The molecule has 1 fully saturated rings. The third-order valence-corrected chi connectivity index (χ3v) is 6.40. The normalized spacial score (nSPS) is 18.5. The lowest BCUT2D eigenvalue weighted by Gasteiger charge is -2.30. The molecular weight excluding hydrogens is 465 g/mol. The number of carbonyl (C=O) groups is 2. The van der Waals surface area contributed by atoms with E-state index in [1.807, 2.05) is 34.6 Å². The van der Waals surface area contributed by atoms with Crippen LogP contribution in [0.2, 0.25) is 6.32 Å². The number of rotatable bonds is 11. The van der Waals surface area contributed by atoms with Crippen LogP contribution in [0.1, 0.15) is 40.2 Å². The zero-order chi connectivity index (χ0) is 25.5. The number of hydrogen-bond donors (Lipinski definition) is 2. The Morgan fingerprint density at radius 1 is 1.41 bits per heavy atom. The van der Waals surface area contributed by atoms with Crippen molar-refractivity contribution in [2.24, 2.45) is 0 Å². The molecule has 0 spiro atoms. The van der Waals surface area contributed by atoms with E-state index in [1.165, 1.54) is 23.9 Å². The number of nitrogens with zero attached hydrogens (tertiary/aromatic N) is 2. The maximum absolute atomic E-state index is 13.0. The largest absolute Gasteiger partial charge is 0.435 e. The van der Waals surface area contributed by atoms with Crippen LogP contribution >= 0.6 is 11.8 Å². The number of carbonyl (C=O) groups excluding carboxylic acids is 2. The Morgan fingerprint density at radius 3 is 2.56 bits per heavy atom. The first-order valence-corrected chi connectivity index (χ1v) is 11.7. The van der Waals surface area contributed by atoms with Crippen molar-refractivity contribution in [2.45, 2.75) is 75.8 Å². The van der Waals surface area contributed by atoms with Crippen molar-refractivity contribution in [1.29, 1.82) is 5.26 Å². The summed E-state index contributed by atoms with van der Waals surface area (Å²) < 4.78 is 35.0. The van der Waals surface area contributed by atoms with Gasteiger partial charge in [-0.3, -0.25) is 15.0 Å². The van der Waals surface area contributed by atoms with Gasteiger partial charge in [0.15, 0.2) is 5.37 Å². The fourth-order valence-electron chi connectivity index (χ4n) is 3.61.